The summed E-state index contributed by atoms with van der Waals surface area (Å²) in [4.78, 5) is 14.8. The van der Waals surface area contributed by atoms with Crippen molar-refractivity contribution in [3.8, 4) is 5.69 Å². The smallest absolute Gasteiger partial charge is 0.253 e. The Bertz CT molecular complexity index is 718. The van der Waals surface area contributed by atoms with Crippen LogP contribution < -0.4 is 5.32 Å². The van der Waals surface area contributed by atoms with E-state index in [4.69, 9.17) is 0 Å². The van der Waals surface area contributed by atoms with E-state index in [9.17, 15) is 4.79 Å². The molecular weight excluding hydrogens is 300 g/mol. The second-order valence-corrected chi connectivity index (χ2v) is 7.15. The Kier molecular flexibility index (Phi) is 3.88. The van der Waals surface area contributed by atoms with Gasteiger partial charge in [-0.2, -0.15) is 5.10 Å². The average Bonchev–Trinajstić information content (AvgIpc) is 3.25. The van der Waals surface area contributed by atoms with E-state index in [0.29, 0.717) is 5.41 Å². The Labute approximate surface area is 142 Å². The summed E-state index contributed by atoms with van der Waals surface area (Å²) in [7, 11) is 0. The van der Waals surface area contributed by atoms with Gasteiger partial charge in [-0.15, -0.1) is 0 Å². The number of nitrogens with one attached hydrogen (secondary N) is 1. The number of hydrogen-bond donors (Lipinski definition) is 1. The molecular formula is C19H24N4O. The van der Waals surface area contributed by atoms with Crippen LogP contribution in [0.5, 0.6) is 0 Å². The minimum atomic E-state index is 0.152. The summed E-state index contributed by atoms with van der Waals surface area (Å²) in [5.41, 5.74) is 3.28. The largest absolute Gasteiger partial charge is 0.339 e. The van der Waals surface area contributed by atoms with Crippen LogP contribution in [0, 0.1) is 12.3 Å². The molecule has 2 saturated heterocycles. The summed E-state index contributed by atoms with van der Waals surface area (Å²) < 4.78 is 1.88. The van der Waals surface area contributed by atoms with E-state index in [1.54, 1.807) is 6.20 Å². The molecule has 24 heavy (non-hydrogen) atoms. The van der Waals surface area contributed by atoms with E-state index < -0.39 is 0 Å². The second-order valence-electron chi connectivity index (χ2n) is 7.15. The highest BCUT2D eigenvalue weighted by Gasteiger charge is 2.38. The molecule has 0 unspecified atom stereocenters. The maximum atomic E-state index is 12.8. The molecule has 3 heterocycles. The number of aromatic nitrogens is 2. The zero-order valence-electron chi connectivity index (χ0n) is 14.2. The van der Waals surface area contributed by atoms with E-state index in [1.165, 1.54) is 6.42 Å². The molecule has 5 heteroatoms. The van der Waals surface area contributed by atoms with E-state index in [1.807, 2.05) is 46.8 Å². The highest BCUT2D eigenvalue weighted by molar-refractivity contribution is 5.94. The average molecular weight is 324 g/mol. The lowest BCUT2D eigenvalue weighted by Gasteiger charge is -2.38. The summed E-state index contributed by atoms with van der Waals surface area (Å²) in [6.07, 6.45) is 5.29. The Balaban J connectivity index is 1.44. The molecule has 0 saturated carbocycles. The van der Waals surface area contributed by atoms with E-state index in [0.717, 1.165) is 56.0 Å². The van der Waals surface area contributed by atoms with Crippen LogP contribution in [0.25, 0.3) is 5.69 Å². The number of amides is 1. The van der Waals surface area contributed by atoms with Gasteiger partial charge >= 0.3 is 0 Å². The quantitative estimate of drug-likeness (QED) is 0.923. The molecule has 1 spiro atoms. The molecule has 1 N–H and O–H groups in total. The van der Waals surface area contributed by atoms with Gasteiger partial charge in [0, 0.05) is 37.1 Å². The third-order valence-corrected chi connectivity index (χ3v) is 5.63. The number of nitrogens with zero attached hydrogens (tertiary/aromatic N) is 3. The second kappa shape index (κ2) is 6.06. The van der Waals surface area contributed by atoms with Crippen LogP contribution >= 0.6 is 0 Å². The van der Waals surface area contributed by atoms with Crippen molar-refractivity contribution in [3.63, 3.8) is 0 Å². The third kappa shape index (κ3) is 2.73. The SMILES string of the molecule is Cc1ccnn1-c1ccc(C(=O)N2CCC3(CCNC3)CC2)cc1. The minimum absolute atomic E-state index is 0.152. The number of benzene rings is 1. The number of likely N-dealkylation sites (tertiary alicyclic amines) is 1. The van der Waals surface area contributed by atoms with E-state index >= 15 is 0 Å². The van der Waals surface area contributed by atoms with Crippen molar-refractivity contribution in [3.05, 3.63) is 47.8 Å². The van der Waals surface area contributed by atoms with Crippen molar-refractivity contribution in [1.82, 2.24) is 20.0 Å². The van der Waals surface area contributed by atoms with Gasteiger partial charge in [-0.25, -0.2) is 4.68 Å². The minimum Gasteiger partial charge on any atom is -0.339 e. The Hall–Kier alpha value is -2.14. The van der Waals surface area contributed by atoms with Crippen molar-refractivity contribution < 1.29 is 4.79 Å². The molecule has 2 aliphatic rings. The lowest BCUT2D eigenvalue weighted by molar-refractivity contribution is 0.0607. The fourth-order valence-electron chi connectivity index (χ4n) is 3.97. The van der Waals surface area contributed by atoms with Crippen LogP contribution in [-0.4, -0.2) is 46.8 Å². The molecule has 0 bridgehead atoms. The molecule has 0 radical (unpaired) electrons. The molecule has 2 aromatic rings. The molecule has 2 aliphatic heterocycles. The van der Waals surface area contributed by atoms with Gasteiger partial charge in [-0.05, 0) is 68.5 Å². The Morgan fingerprint density at radius 1 is 1.12 bits per heavy atom. The first kappa shape index (κ1) is 15.4. The van der Waals surface area contributed by atoms with Crippen LogP contribution in [-0.2, 0) is 0 Å². The lowest BCUT2D eigenvalue weighted by atomic mass is 9.78. The summed E-state index contributed by atoms with van der Waals surface area (Å²) in [5, 5.41) is 7.78. The van der Waals surface area contributed by atoms with E-state index in [2.05, 4.69) is 10.4 Å². The molecule has 1 amide bonds. The lowest BCUT2D eigenvalue weighted by Crippen LogP contribution is -2.44. The van der Waals surface area contributed by atoms with Crippen molar-refractivity contribution in [1.29, 1.82) is 0 Å². The topological polar surface area (TPSA) is 50.2 Å². The van der Waals surface area contributed by atoms with Gasteiger partial charge in [0.25, 0.3) is 5.91 Å². The van der Waals surface area contributed by atoms with Crippen LogP contribution in [0.15, 0.2) is 36.5 Å². The number of piperidine rings is 1. The van der Waals surface area contributed by atoms with Crippen molar-refractivity contribution >= 4 is 5.91 Å². The molecule has 5 nitrogen and oxygen atoms in total. The van der Waals surface area contributed by atoms with Crippen LogP contribution in [0.1, 0.15) is 35.3 Å². The molecule has 2 fully saturated rings. The number of hydrogen-bond acceptors (Lipinski definition) is 3. The fraction of sp³-hybridized carbons (Fsp3) is 0.474. The van der Waals surface area contributed by atoms with Crippen molar-refractivity contribution in [2.24, 2.45) is 5.41 Å². The Morgan fingerprint density at radius 3 is 2.46 bits per heavy atom. The summed E-state index contributed by atoms with van der Waals surface area (Å²) in [5.74, 6) is 0.152. The first-order chi connectivity index (χ1) is 11.7. The predicted octanol–water partition coefficient (Wildman–Crippen LogP) is 2.40. The molecule has 4 rings (SSSR count). The van der Waals surface area contributed by atoms with Gasteiger partial charge in [0.05, 0.1) is 5.69 Å². The molecule has 0 aliphatic carbocycles. The highest BCUT2D eigenvalue weighted by Crippen LogP contribution is 2.37. The maximum Gasteiger partial charge on any atom is 0.253 e. The molecule has 1 aromatic heterocycles. The number of carbonyl (C=O) groups excluding carboxylic acids is 1. The van der Waals surface area contributed by atoms with Gasteiger partial charge in [-0.3, -0.25) is 4.79 Å². The van der Waals surface area contributed by atoms with Gasteiger partial charge in [0.2, 0.25) is 0 Å². The monoisotopic (exact) mass is 324 g/mol. The zero-order valence-corrected chi connectivity index (χ0v) is 14.2. The van der Waals surface area contributed by atoms with Gasteiger partial charge in [0.1, 0.15) is 0 Å². The van der Waals surface area contributed by atoms with Crippen LogP contribution in [0.4, 0.5) is 0 Å². The molecule has 0 atom stereocenters. The van der Waals surface area contributed by atoms with Gasteiger partial charge in [0.15, 0.2) is 0 Å². The number of rotatable bonds is 2. The molecule has 126 valence electrons. The third-order valence-electron chi connectivity index (χ3n) is 5.63. The Morgan fingerprint density at radius 2 is 1.88 bits per heavy atom. The summed E-state index contributed by atoms with van der Waals surface area (Å²) in [6.45, 7) is 6.02. The maximum absolute atomic E-state index is 12.8. The van der Waals surface area contributed by atoms with Crippen molar-refractivity contribution in [2.75, 3.05) is 26.2 Å². The van der Waals surface area contributed by atoms with E-state index in [-0.39, 0.29) is 5.91 Å². The van der Waals surface area contributed by atoms with Gasteiger partial charge in [-0.1, -0.05) is 0 Å². The highest BCUT2D eigenvalue weighted by atomic mass is 16.2. The van der Waals surface area contributed by atoms with Gasteiger partial charge < -0.3 is 10.2 Å². The first-order valence-electron chi connectivity index (χ1n) is 8.78. The summed E-state index contributed by atoms with van der Waals surface area (Å²) >= 11 is 0. The number of aryl methyl sites for hydroxylation is 1. The normalized spacial score (nSPS) is 19.8. The van der Waals surface area contributed by atoms with Crippen molar-refractivity contribution in [2.45, 2.75) is 26.2 Å². The zero-order chi connectivity index (χ0) is 16.6. The fourth-order valence-corrected chi connectivity index (χ4v) is 3.97. The molecule has 1 aromatic carbocycles. The summed E-state index contributed by atoms with van der Waals surface area (Å²) in [6, 6.07) is 9.75. The van der Waals surface area contributed by atoms with Crippen LogP contribution in [0.2, 0.25) is 0 Å². The first-order valence-corrected chi connectivity index (χ1v) is 8.78. The van der Waals surface area contributed by atoms with Crippen LogP contribution in [0.3, 0.4) is 0 Å². The predicted molar refractivity (Wildman–Crippen MR) is 93.4 cm³/mol. The number of carbonyl (C=O) groups is 1. The standard InChI is InChI=1S/C19H24N4O/c1-15-6-10-21-23(15)17-4-2-16(3-5-17)18(24)22-12-8-19(9-13-22)7-11-20-14-19/h2-6,10,20H,7-9,11-14H2,1H3.